The van der Waals surface area contributed by atoms with Gasteiger partial charge in [-0.05, 0) is 24.6 Å². The molecule has 2 aliphatic heterocycles. The molecule has 0 aromatic heterocycles. The summed E-state index contributed by atoms with van der Waals surface area (Å²) in [5.41, 5.74) is 1.03. The van der Waals surface area contributed by atoms with Crippen molar-refractivity contribution in [3.8, 4) is 0 Å². The zero-order valence-corrected chi connectivity index (χ0v) is 12.9. The van der Waals surface area contributed by atoms with Crippen molar-refractivity contribution in [2.24, 2.45) is 11.8 Å². The van der Waals surface area contributed by atoms with Gasteiger partial charge in [-0.25, -0.2) is 0 Å². The van der Waals surface area contributed by atoms with Crippen LogP contribution in [0.4, 0.5) is 0 Å². The summed E-state index contributed by atoms with van der Waals surface area (Å²) < 4.78 is 0. The van der Waals surface area contributed by atoms with Gasteiger partial charge in [0.1, 0.15) is 0 Å². The third-order valence-corrected chi connectivity index (χ3v) is 4.81. The molecular weight excluding hydrogens is 278 g/mol. The van der Waals surface area contributed by atoms with Crippen LogP contribution < -0.4 is 10.6 Å². The Morgan fingerprint density at radius 2 is 2.00 bits per heavy atom. The second-order valence-corrected chi connectivity index (χ2v) is 6.22. The Morgan fingerprint density at radius 1 is 1.27 bits per heavy atom. The largest absolute Gasteiger partial charge is 0.354 e. The number of rotatable bonds is 3. The minimum absolute atomic E-state index is 0.000615. The van der Waals surface area contributed by atoms with E-state index in [1.54, 1.807) is 0 Å². The molecule has 118 valence electrons. The first-order valence-corrected chi connectivity index (χ1v) is 7.99. The van der Waals surface area contributed by atoms with E-state index in [2.05, 4.69) is 10.6 Å². The molecule has 2 amide bonds. The Kier molecular flexibility index (Phi) is 4.43. The summed E-state index contributed by atoms with van der Waals surface area (Å²) >= 11 is 0. The quantitative estimate of drug-likeness (QED) is 0.873. The van der Waals surface area contributed by atoms with Gasteiger partial charge in [-0.1, -0.05) is 37.3 Å². The monoisotopic (exact) mass is 301 g/mol. The normalized spacial score (nSPS) is 24.1. The molecule has 2 unspecified atom stereocenters. The maximum Gasteiger partial charge on any atom is 0.226 e. The average molecular weight is 301 g/mol. The lowest BCUT2D eigenvalue weighted by Crippen LogP contribution is -2.51. The van der Waals surface area contributed by atoms with Gasteiger partial charge in [0.15, 0.2) is 0 Å². The topological polar surface area (TPSA) is 61.4 Å². The predicted molar refractivity (Wildman–Crippen MR) is 84.0 cm³/mol. The van der Waals surface area contributed by atoms with Crippen LogP contribution in [0.5, 0.6) is 0 Å². The Morgan fingerprint density at radius 3 is 2.64 bits per heavy atom. The van der Waals surface area contributed by atoms with Gasteiger partial charge in [0.2, 0.25) is 11.8 Å². The molecule has 1 aromatic rings. The Hall–Kier alpha value is -1.88. The van der Waals surface area contributed by atoms with Crippen LogP contribution in [0.15, 0.2) is 30.3 Å². The number of nitrogens with one attached hydrogen (secondary N) is 2. The van der Waals surface area contributed by atoms with Crippen LogP contribution in [0.1, 0.15) is 24.9 Å². The third kappa shape index (κ3) is 2.99. The van der Waals surface area contributed by atoms with E-state index in [0.717, 1.165) is 18.7 Å². The highest BCUT2D eigenvalue weighted by atomic mass is 16.2. The van der Waals surface area contributed by atoms with Gasteiger partial charge in [-0.15, -0.1) is 0 Å². The molecular formula is C17H23N3O2. The van der Waals surface area contributed by atoms with Gasteiger partial charge < -0.3 is 15.5 Å². The van der Waals surface area contributed by atoms with E-state index >= 15 is 0 Å². The lowest BCUT2D eigenvalue weighted by molar-refractivity contribution is -0.140. The summed E-state index contributed by atoms with van der Waals surface area (Å²) in [6.07, 6.45) is 0.339. The van der Waals surface area contributed by atoms with Crippen LogP contribution in [0.25, 0.3) is 0 Å². The summed E-state index contributed by atoms with van der Waals surface area (Å²) in [5, 5.41) is 6.11. The first-order valence-electron chi connectivity index (χ1n) is 7.99. The van der Waals surface area contributed by atoms with Gasteiger partial charge >= 0.3 is 0 Å². The Balaban J connectivity index is 1.84. The molecule has 5 nitrogen and oxygen atoms in total. The number of carbonyl (C=O) groups excluding carboxylic acids is 2. The fraction of sp³-hybridized carbons (Fsp3) is 0.529. The number of carbonyl (C=O) groups is 2. The maximum absolute atomic E-state index is 12.9. The minimum Gasteiger partial charge on any atom is -0.354 e. The molecule has 22 heavy (non-hydrogen) atoms. The molecule has 0 spiro atoms. The highest BCUT2D eigenvalue weighted by Crippen LogP contribution is 2.29. The van der Waals surface area contributed by atoms with E-state index in [4.69, 9.17) is 0 Å². The Labute approximate surface area is 131 Å². The maximum atomic E-state index is 12.9. The van der Waals surface area contributed by atoms with Crippen molar-refractivity contribution in [3.63, 3.8) is 0 Å². The lowest BCUT2D eigenvalue weighted by Gasteiger charge is -2.37. The van der Waals surface area contributed by atoms with Crippen LogP contribution in [-0.2, 0) is 9.59 Å². The number of nitrogens with zero attached hydrogens (tertiary/aromatic N) is 1. The van der Waals surface area contributed by atoms with Crippen molar-refractivity contribution >= 4 is 11.8 Å². The van der Waals surface area contributed by atoms with Crippen LogP contribution in [0, 0.1) is 11.8 Å². The molecule has 0 bridgehead atoms. The first-order chi connectivity index (χ1) is 10.7. The van der Waals surface area contributed by atoms with Crippen molar-refractivity contribution in [2.45, 2.75) is 19.4 Å². The van der Waals surface area contributed by atoms with E-state index < -0.39 is 0 Å². The van der Waals surface area contributed by atoms with Gasteiger partial charge in [0.05, 0.1) is 12.5 Å². The molecule has 0 radical (unpaired) electrons. The Bertz CT molecular complexity index is 542. The van der Waals surface area contributed by atoms with Crippen LogP contribution >= 0.6 is 0 Å². The molecule has 2 saturated heterocycles. The fourth-order valence-electron chi connectivity index (χ4n) is 3.19. The van der Waals surface area contributed by atoms with Gasteiger partial charge in [-0.3, -0.25) is 9.59 Å². The zero-order valence-electron chi connectivity index (χ0n) is 12.9. The number of hydrogen-bond donors (Lipinski definition) is 2. The number of amides is 2. The molecule has 2 fully saturated rings. The van der Waals surface area contributed by atoms with E-state index in [9.17, 15) is 9.59 Å². The minimum atomic E-state index is -0.160. The molecule has 2 aliphatic rings. The standard InChI is InChI=1S/C17H23N3O2/c1-12(14-10-18-11-14)17(22)20-8-7-19-16(21)9-15(20)13-5-3-2-4-6-13/h2-6,12,14-15,18H,7-11H2,1H3,(H,19,21). The van der Waals surface area contributed by atoms with Gasteiger partial charge in [0, 0.05) is 19.0 Å². The van der Waals surface area contributed by atoms with Gasteiger partial charge in [0.25, 0.3) is 0 Å². The van der Waals surface area contributed by atoms with E-state index in [-0.39, 0.29) is 23.8 Å². The highest BCUT2D eigenvalue weighted by molar-refractivity contribution is 5.82. The number of hydrogen-bond acceptors (Lipinski definition) is 3. The van der Waals surface area contributed by atoms with Crippen molar-refractivity contribution < 1.29 is 9.59 Å². The third-order valence-electron chi connectivity index (χ3n) is 4.81. The molecule has 0 saturated carbocycles. The number of benzene rings is 1. The summed E-state index contributed by atoms with van der Waals surface area (Å²) in [7, 11) is 0. The van der Waals surface area contributed by atoms with Crippen LogP contribution in [0.3, 0.4) is 0 Å². The lowest BCUT2D eigenvalue weighted by atomic mass is 9.87. The van der Waals surface area contributed by atoms with Crippen molar-refractivity contribution in [2.75, 3.05) is 26.2 Å². The summed E-state index contributed by atoms with van der Waals surface area (Å²) in [5.74, 6) is 0.593. The molecule has 1 aromatic carbocycles. The van der Waals surface area contributed by atoms with Crippen LogP contribution in [-0.4, -0.2) is 42.9 Å². The van der Waals surface area contributed by atoms with E-state index in [1.807, 2.05) is 42.2 Å². The second-order valence-electron chi connectivity index (χ2n) is 6.22. The SMILES string of the molecule is CC(C(=O)N1CCNC(=O)CC1c1ccccc1)C1CNC1. The average Bonchev–Trinajstić information content (AvgIpc) is 2.67. The van der Waals surface area contributed by atoms with E-state index in [1.165, 1.54) is 0 Å². The molecule has 5 heteroatoms. The van der Waals surface area contributed by atoms with Crippen molar-refractivity contribution in [1.29, 1.82) is 0 Å². The fourth-order valence-corrected chi connectivity index (χ4v) is 3.19. The molecule has 2 heterocycles. The van der Waals surface area contributed by atoms with Crippen molar-refractivity contribution in [3.05, 3.63) is 35.9 Å². The first kappa shape index (κ1) is 15.0. The smallest absolute Gasteiger partial charge is 0.226 e. The highest BCUT2D eigenvalue weighted by Gasteiger charge is 2.36. The van der Waals surface area contributed by atoms with Crippen LogP contribution in [0.2, 0.25) is 0 Å². The summed E-state index contributed by atoms with van der Waals surface area (Å²) in [4.78, 5) is 26.8. The van der Waals surface area contributed by atoms with E-state index in [0.29, 0.717) is 25.4 Å². The molecule has 0 aliphatic carbocycles. The summed E-state index contributed by atoms with van der Waals surface area (Å²) in [6.45, 7) is 4.94. The van der Waals surface area contributed by atoms with Crippen molar-refractivity contribution in [1.82, 2.24) is 15.5 Å². The molecule has 3 rings (SSSR count). The van der Waals surface area contributed by atoms with Gasteiger partial charge in [-0.2, -0.15) is 0 Å². The summed E-state index contributed by atoms with van der Waals surface area (Å²) in [6, 6.07) is 9.71. The molecule has 2 N–H and O–H groups in total. The second kappa shape index (κ2) is 6.48. The zero-order chi connectivity index (χ0) is 15.5. The predicted octanol–water partition coefficient (Wildman–Crippen LogP) is 0.932. The molecule has 2 atom stereocenters.